The summed E-state index contributed by atoms with van der Waals surface area (Å²) in [5.41, 5.74) is 6.45. The Bertz CT molecular complexity index is 1290. The molecule has 0 spiro atoms. The summed E-state index contributed by atoms with van der Waals surface area (Å²) < 4.78 is 2.29. The summed E-state index contributed by atoms with van der Waals surface area (Å²) >= 11 is 15.5. The number of para-hydroxylation sites is 1. The second-order valence-electron chi connectivity index (χ2n) is 7.29. The predicted octanol–water partition coefficient (Wildman–Crippen LogP) is 4.87. The van der Waals surface area contributed by atoms with Gasteiger partial charge in [0, 0.05) is 18.0 Å². The average Bonchev–Trinajstić information content (AvgIpc) is 3.38. The number of aromatic nitrogens is 1. The first-order chi connectivity index (χ1) is 16.9. The summed E-state index contributed by atoms with van der Waals surface area (Å²) in [6, 6.07) is 15.0. The first-order valence-corrected chi connectivity index (χ1v) is 13.9. The lowest BCUT2D eigenvalue weighted by atomic mass is 10.2. The molecule has 180 valence electrons. The lowest BCUT2D eigenvalue weighted by molar-refractivity contribution is -0.128. The van der Waals surface area contributed by atoms with Crippen molar-refractivity contribution in [1.82, 2.24) is 20.7 Å². The highest BCUT2D eigenvalue weighted by atomic mass is 35.5. The number of thiazole rings is 1. The van der Waals surface area contributed by atoms with Crippen LogP contribution in [0, 0.1) is 0 Å². The van der Waals surface area contributed by atoms with E-state index in [9.17, 15) is 14.4 Å². The molecule has 3 amide bonds. The molecule has 35 heavy (non-hydrogen) atoms. The number of benzene rings is 2. The standard InChI is InChI=1S/C23H19ClN4O3S4/c24-15-7-2-1-6-14(15)12-18-21(31)28(23(32)35-18)11-5-10-19(29)26-27-20(30)13-33-22-25-16-8-3-4-9-17(16)34-22/h1-4,6-9,12H,5,10-11,13H2,(H,26,29)(H,27,30)/b18-12+. The minimum Gasteiger partial charge on any atom is -0.293 e. The van der Waals surface area contributed by atoms with Gasteiger partial charge in [-0.2, -0.15) is 0 Å². The molecule has 2 heterocycles. The molecule has 12 heteroatoms. The molecular formula is C23H19ClN4O3S4. The second-order valence-corrected chi connectivity index (χ2v) is 11.6. The first-order valence-electron chi connectivity index (χ1n) is 10.5. The molecule has 0 radical (unpaired) electrons. The Hall–Kier alpha value is -2.44. The molecule has 1 aliphatic rings. The fourth-order valence-electron chi connectivity index (χ4n) is 3.10. The van der Waals surface area contributed by atoms with E-state index in [1.54, 1.807) is 12.1 Å². The van der Waals surface area contributed by atoms with E-state index in [1.165, 1.54) is 39.8 Å². The highest BCUT2D eigenvalue weighted by molar-refractivity contribution is 8.26. The van der Waals surface area contributed by atoms with Crippen LogP contribution in [0.3, 0.4) is 0 Å². The Morgan fingerprint density at radius 3 is 2.66 bits per heavy atom. The van der Waals surface area contributed by atoms with Crippen molar-refractivity contribution in [1.29, 1.82) is 0 Å². The van der Waals surface area contributed by atoms with Gasteiger partial charge >= 0.3 is 0 Å². The highest BCUT2D eigenvalue weighted by Gasteiger charge is 2.31. The molecule has 0 unspecified atom stereocenters. The zero-order chi connectivity index (χ0) is 24.8. The van der Waals surface area contributed by atoms with E-state index in [4.69, 9.17) is 23.8 Å². The Kier molecular flexibility index (Phi) is 8.79. The van der Waals surface area contributed by atoms with E-state index in [0.717, 1.165) is 20.1 Å². The van der Waals surface area contributed by atoms with Crippen molar-refractivity contribution in [2.24, 2.45) is 0 Å². The van der Waals surface area contributed by atoms with E-state index in [2.05, 4.69) is 15.8 Å². The van der Waals surface area contributed by atoms with Crippen LogP contribution in [0.4, 0.5) is 0 Å². The molecule has 1 saturated heterocycles. The summed E-state index contributed by atoms with van der Waals surface area (Å²) in [6.45, 7) is 0.305. The average molecular weight is 563 g/mol. The molecule has 7 nitrogen and oxygen atoms in total. The van der Waals surface area contributed by atoms with Gasteiger partial charge in [0.1, 0.15) is 4.32 Å². The van der Waals surface area contributed by atoms with Crippen LogP contribution in [-0.2, 0) is 14.4 Å². The number of thioether (sulfide) groups is 2. The zero-order valence-corrected chi connectivity index (χ0v) is 22.2. The number of carbonyl (C=O) groups is 3. The number of nitrogens with one attached hydrogen (secondary N) is 2. The van der Waals surface area contributed by atoms with Gasteiger partial charge in [0.05, 0.1) is 20.9 Å². The number of hydrogen-bond donors (Lipinski definition) is 2. The number of carbonyl (C=O) groups excluding carboxylic acids is 3. The summed E-state index contributed by atoms with van der Waals surface area (Å²) in [7, 11) is 0. The van der Waals surface area contributed by atoms with Crippen molar-refractivity contribution in [3.05, 3.63) is 64.0 Å². The quantitative estimate of drug-likeness (QED) is 0.175. The van der Waals surface area contributed by atoms with Gasteiger partial charge in [-0.05, 0) is 36.3 Å². The van der Waals surface area contributed by atoms with Crippen LogP contribution in [0.1, 0.15) is 18.4 Å². The van der Waals surface area contributed by atoms with E-state index < -0.39 is 0 Å². The van der Waals surface area contributed by atoms with Gasteiger partial charge in [-0.3, -0.25) is 30.1 Å². The number of thiocarbonyl (C=S) groups is 1. The fourth-order valence-corrected chi connectivity index (χ4v) is 6.46. The van der Waals surface area contributed by atoms with Crippen molar-refractivity contribution in [2.75, 3.05) is 12.3 Å². The van der Waals surface area contributed by atoms with Crippen molar-refractivity contribution in [2.45, 2.75) is 17.2 Å². The normalized spacial score (nSPS) is 14.7. The molecule has 2 N–H and O–H groups in total. The van der Waals surface area contributed by atoms with Crippen LogP contribution in [0.25, 0.3) is 16.3 Å². The SMILES string of the molecule is O=C(CCCN1C(=O)/C(=C\c2ccccc2Cl)SC1=S)NNC(=O)CSc1nc2ccccc2s1. The van der Waals surface area contributed by atoms with E-state index in [0.29, 0.717) is 27.2 Å². The van der Waals surface area contributed by atoms with Crippen LogP contribution in [0.5, 0.6) is 0 Å². The van der Waals surface area contributed by atoms with E-state index in [-0.39, 0.29) is 29.9 Å². The maximum Gasteiger partial charge on any atom is 0.266 e. The third-order valence-electron chi connectivity index (χ3n) is 4.79. The number of amides is 3. The maximum atomic E-state index is 12.7. The monoisotopic (exact) mass is 562 g/mol. The van der Waals surface area contributed by atoms with Gasteiger partial charge in [0.2, 0.25) is 11.8 Å². The molecule has 0 aliphatic carbocycles. The number of nitrogens with zero attached hydrogens (tertiary/aromatic N) is 2. The summed E-state index contributed by atoms with van der Waals surface area (Å²) in [6.07, 6.45) is 2.25. The Labute approximate surface area is 224 Å². The maximum absolute atomic E-state index is 12.7. The molecule has 4 rings (SSSR count). The minimum atomic E-state index is -0.347. The van der Waals surface area contributed by atoms with Crippen LogP contribution in [0.2, 0.25) is 5.02 Å². The van der Waals surface area contributed by atoms with Crippen LogP contribution in [-0.4, -0.2) is 44.2 Å². The number of halogens is 1. The smallest absolute Gasteiger partial charge is 0.266 e. The third-order valence-corrected chi connectivity index (χ3v) is 8.69. The number of hydrogen-bond acceptors (Lipinski definition) is 8. The molecular weight excluding hydrogens is 544 g/mol. The number of hydrazine groups is 1. The van der Waals surface area contributed by atoms with Crippen LogP contribution < -0.4 is 10.9 Å². The summed E-state index contributed by atoms with van der Waals surface area (Å²) in [5.74, 6) is -0.751. The van der Waals surface area contributed by atoms with Gasteiger partial charge in [0.25, 0.3) is 5.91 Å². The molecule has 2 aromatic carbocycles. The third kappa shape index (κ3) is 6.83. The lowest BCUT2D eigenvalue weighted by Gasteiger charge is -2.14. The fraction of sp³-hybridized carbons (Fsp3) is 0.174. The van der Waals surface area contributed by atoms with Crippen molar-refractivity contribution >= 4 is 97.0 Å². The van der Waals surface area contributed by atoms with Gasteiger partial charge < -0.3 is 0 Å². The Balaban J connectivity index is 1.17. The van der Waals surface area contributed by atoms with Gasteiger partial charge in [-0.15, -0.1) is 11.3 Å². The Morgan fingerprint density at radius 1 is 1.11 bits per heavy atom. The van der Waals surface area contributed by atoms with Crippen molar-refractivity contribution in [3.63, 3.8) is 0 Å². The van der Waals surface area contributed by atoms with Gasteiger partial charge in [0.15, 0.2) is 4.34 Å². The molecule has 1 fully saturated rings. The predicted molar refractivity (Wildman–Crippen MR) is 147 cm³/mol. The molecule has 1 aromatic heterocycles. The molecule has 1 aliphatic heterocycles. The Morgan fingerprint density at radius 2 is 1.86 bits per heavy atom. The highest BCUT2D eigenvalue weighted by Crippen LogP contribution is 2.34. The minimum absolute atomic E-state index is 0.131. The van der Waals surface area contributed by atoms with Crippen LogP contribution >= 0.6 is 58.7 Å². The molecule has 3 aromatic rings. The summed E-state index contributed by atoms with van der Waals surface area (Å²) in [5, 5.41) is 0.551. The zero-order valence-electron chi connectivity index (χ0n) is 18.2. The number of rotatable bonds is 8. The largest absolute Gasteiger partial charge is 0.293 e. The van der Waals surface area contributed by atoms with Gasteiger partial charge in [-0.1, -0.05) is 77.7 Å². The molecule has 0 saturated carbocycles. The van der Waals surface area contributed by atoms with Gasteiger partial charge in [-0.25, -0.2) is 4.98 Å². The topological polar surface area (TPSA) is 91.4 Å². The summed E-state index contributed by atoms with van der Waals surface area (Å²) in [4.78, 5) is 43.3. The van der Waals surface area contributed by atoms with Crippen LogP contribution in [0.15, 0.2) is 57.8 Å². The molecule has 0 atom stereocenters. The van der Waals surface area contributed by atoms with E-state index in [1.807, 2.05) is 42.5 Å². The lowest BCUT2D eigenvalue weighted by Crippen LogP contribution is -2.42. The first kappa shape index (κ1) is 25.6. The molecule has 0 bridgehead atoms. The van der Waals surface area contributed by atoms with Crippen molar-refractivity contribution < 1.29 is 14.4 Å². The second kappa shape index (κ2) is 12.0. The van der Waals surface area contributed by atoms with Crippen molar-refractivity contribution in [3.8, 4) is 0 Å². The van der Waals surface area contributed by atoms with E-state index >= 15 is 0 Å². The number of fused-ring (bicyclic) bond motifs is 1.